The highest BCUT2D eigenvalue weighted by Crippen LogP contribution is 2.61. The summed E-state index contributed by atoms with van der Waals surface area (Å²) in [6, 6.07) is 7.96. The van der Waals surface area contributed by atoms with Gasteiger partial charge in [0.2, 0.25) is 0 Å². The van der Waals surface area contributed by atoms with Gasteiger partial charge >= 0.3 is 0 Å². The third-order valence-corrected chi connectivity index (χ3v) is 10.4. The molecule has 0 aliphatic heterocycles. The molecule has 0 aliphatic carbocycles. The first kappa shape index (κ1) is 12.6. The van der Waals surface area contributed by atoms with Crippen molar-refractivity contribution in [3.63, 3.8) is 0 Å². The van der Waals surface area contributed by atoms with Gasteiger partial charge in [-0.25, -0.2) is 0 Å². The Labute approximate surface area is 100 Å². The predicted octanol–water partition coefficient (Wildman–Crippen LogP) is 4.87. The zero-order chi connectivity index (χ0) is 10.6. The molecule has 0 aliphatic rings. The van der Waals surface area contributed by atoms with Crippen molar-refractivity contribution in [1.82, 2.24) is 0 Å². The fourth-order valence-electron chi connectivity index (χ4n) is 1.04. The molecule has 14 heavy (non-hydrogen) atoms. The summed E-state index contributed by atoms with van der Waals surface area (Å²) in [6.45, 7) is 4.38. The Balaban J connectivity index is 2.78. The van der Waals surface area contributed by atoms with Crippen molar-refractivity contribution in [2.45, 2.75) is 18.7 Å². The van der Waals surface area contributed by atoms with Gasteiger partial charge in [-0.2, -0.15) is 0 Å². The summed E-state index contributed by atoms with van der Waals surface area (Å²) >= 11 is 13.4. The van der Waals surface area contributed by atoms with E-state index in [2.05, 4.69) is 26.0 Å². The maximum absolute atomic E-state index is 5.82. The summed E-state index contributed by atoms with van der Waals surface area (Å²) in [4.78, 5) is 1.25. The van der Waals surface area contributed by atoms with Crippen molar-refractivity contribution in [3.05, 3.63) is 29.3 Å². The highest BCUT2D eigenvalue weighted by molar-refractivity contribution is 8.71. The Morgan fingerprint density at radius 1 is 1.21 bits per heavy atom. The monoisotopic (exact) mass is 264 g/mol. The molecule has 0 amide bonds. The molecule has 0 saturated heterocycles. The lowest BCUT2D eigenvalue weighted by atomic mass is 10.4. The predicted molar refractivity (Wildman–Crippen MR) is 72.7 cm³/mol. The molecule has 1 rings (SSSR count). The van der Waals surface area contributed by atoms with Crippen LogP contribution in [0.15, 0.2) is 29.2 Å². The molecule has 0 spiro atoms. The van der Waals surface area contributed by atoms with E-state index in [0.29, 0.717) is 0 Å². The van der Waals surface area contributed by atoms with Crippen LogP contribution in [0.25, 0.3) is 0 Å². The lowest BCUT2D eigenvalue weighted by molar-refractivity contribution is 1.43. The molecule has 0 radical (unpaired) electrons. The van der Waals surface area contributed by atoms with E-state index in [9.17, 15) is 0 Å². The first-order chi connectivity index (χ1) is 6.59. The van der Waals surface area contributed by atoms with E-state index < -0.39 is 5.24 Å². The largest absolute Gasteiger partial charge is 0.0882 e. The zero-order valence-corrected chi connectivity index (χ0v) is 11.6. The Kier molecular flexibility index (Phi) is 4.99. The van der Waals surface area contributed by atoms with Crippen LogP contribution >= 0.6 is 28.2 Å². The summed E-state index contributed by atoms with van der Waals surface area (Å²) < 4.78 is 0. The summed E-state index contributed by atoms with van der Waals surface area (Å²) in [7, 11) is 0. The van der Waals surface area contributed by atoms with Gasteiger partial charge in [-0.3, -0.25) is 0 Å². The maximum Gasteiger partial charge on any atom is 0.0406 e. The van der Waals surface area contributed by atoms with Crippen LogP contribution in [0.2, 0.25) is 5.02 Å². The maximum atomic E-state index is 5.82. The van der Waals surface area contributed by atoms with Gasteiger partial charge in [-0.05, 0) is 36.6 Å². The number of halogens is 1. The molecular weight excluding hydrogens is 251 g/mol. The molecule has 1 aromatic rings. The molecule has 4 heteroatoms. The quantitative estimate of drug-likeness (QED) is 0.712. The molecule has 0 aromatic heterocycles. The number of rotatable bonds is 4. The van der Waals surface area contributed by atoms with Gasteiger partial charge < -0.3 is 0 Å². The Morgan fingerprint density at radius 3 is 2.14 bits per heavy atom. The van der Waals surface area contributed by atoms with E-state index in [-0.39, 0.29) is 0 Å². The van der Waals surface area contributed by atoms with Gasteiger partial charge in [0.1, 0.15) is 0 Å². The van der Waals surface area contributed by atoms with Crippen molar-refractivity contribution in [2.24, 2.45) is 0 Å². The topological polar surface area (TPSA) is 0 Å². The van der Waals surface area contributed by atoms with Crippen LogP contribution in [0.4, 0.5) is 0 Å². The number of hydrogen-bond donors (Lipinski definition) is 0. The Morgan fingerprint density at radius 2 is 1.71 bits per heavy atom. The van der Waals surface area contributed by atoms with Crippen molar-refractivity contribution in [3.8, 4) is 0 Å². The second kappa shape index (κ2) is 5.55. The molecule has 0 saturated carbocycles. The molecule has 0 atom stereocenters. The fraction of sp³-hybridized carbons (Fsp3) is 0.400. The Bertz CT molecular complexity index is 326. The Hall–Kier alpha value is 0.510. The van der Waals surface area contributed by atoms with E-state index in [1.54, 1.807) is 0 Å². The summed E-state index contributed by atoms with van der Waals surface area (Å²) in [5.41, 5.74) is 0. The molecule has 0 N–H and O–H groups in total. The third kappa shape index (κ3) is 3.58. The van der Waals surface area contributed by atoms with E-state index in [4.69, 9.17) is 23.4 Å². The van der Waals surface area contributed by atoms with E-state index >= 15 is 0 Å². The van der Waals surface area contributed by atoms with Crippen molar-refractivity contribution in [1.29, 1.82) is 0 Å². The van der Waals surface area contributed by atoms with E-state index in [1.165, 1.54) is 4.90 Å². The molecule has 0 unspecified atom stereocenters. The first-order valence-corrected chi connectivity index (χ1v) is 9.60. The van der Waals surface area contributed by atoms with Gasteiger partial charge in [-0.15, -0.1) is 0 Å². The zero-order valence-electron chi connectivity index (χ0n) is 8.37. The van der Waals surface area contributed by atoms with Crippen LogP contribution in [0.5, 0.6) is 0 Å². The molecule has 0 fully saturated rings. The molecule has 0 nitrogen and oxygen atoms in total. The first-order valence-electron chi connectivity index (χ1n) is 4.63. The summed E-state index contributed by atoms with van der Waals surface area (Å²) in [5, 5.41) is -0.424. The standard InChI is InChI=1S/C10H14ClPS2/c1-3-12(13,4-2)14-10-7-5-9(11)6-8-10/h5-8H,3-4H2,1-2H3. The lowest BCUT2D eigenvalue weighted by Crippen LogP contribution is -1.83. The van der Waals surface area contributed by atoms with Crippen LogP contribution in [-0.2, 0) is 11.8 Å². The highest BCUT2D eigenvalue weighted by Gasteiger charge is 2.13. The molecule has 1 aromatic carbocycles. The highest BCUT2D eigenvalue weighted by atomic mass is 35.5. The molecule has 0 heterocycles. The average molecular weight is 265 g/mol. The fourth-order valence-corrected chi connectivity index (χ4v) is 5.58. The van der Waals surface area contributed by atoms with Crippen molar-refractivity contribution < 1.29 is 0 Å². The van der Waals surface area contributed by atoms with Crippen LogP contribution in [0, 0.1) is 0 Å². The van der Waals surface area contributed by atoms with Gasteiger partial charge in [0.25, 0.3) is 0 Å². The normalized spacial score (nSPS) is 11.6. The smallest absolute Gasteiger partial charge is 0.0406 e. The minimum Gasteiger partial charge on any atom is -0.0882 e. The third-order valence-electron chi connectivity index (χ3n) is 2.05. The van der Waals surface area contributed by atoms with Gasteiger partial charge in [0, 0.05) is 15.2 Å². The van der Waals surface area contributed by atoms with Gasteiger partial charge in [0.05, 0.1) is 0 Å². The minimum atomic E-state index is -1.21. The van der Waals surface area contributed by atoms with Crippen LogP contribution in [-0.4, -0.2) is 12.3 Å². The summed E-state index contributed by atoms with van der Waals surface area (Å²) in [6.07, 6.45) is 2.23. The summed E-state index contributed by atoms with van der Waals surface area (Å²) in [5.74, 6) is 0. The molecule has 0 bridgehead atoms. The SMILES string of the molecule is CCP(=S)(CC)Sc1ccc(Cl)cc1. The molecule has 78 valence electrons. The molecular formula is C10H14ClPS2. The minimum absolute atomic E-state index is 0.788. The van der Waals surface area contributed by atoms with Crippen LogP contribution in [0.3, 0.4) is 0 Å². The second-order valence-electron chi connectivity index (χ2n) is 2.99. The second-order valence-corrected chi connectivity index (χ2v) is 12.4. The van der Waals surface area contributed by atoms with Crippen molar-refractivity contribution >= 4 is 40.0 Å². The lowest BCUT2D eigenvalue weighted by Gasteiger charge is -2.17. The van der Waals surface area contributed by atoms with E-state index in [0.717, 1.165) is 17.3 Å². The van der Waals surface area contributed by atoms with Crippen LogP contribution in [0.1, 0.15) is 13.8 Å². The number of hydrogen-bond acceptors (Lipinski definition) is 2. The van der Waals surface area contributed by atoms with Gasteiger partial charge in [-0.1, -0.05) is 48.6 Å². The van der Waals surface area contributed by atoms with E-state index in [1.807, 2.05) is 23.5 Å². The number of benzene rings is 1. The van der Waals surface area contributed by atoms with Crippen molar-refractivity contribution in [2.75, 3.05) is 12.3 Å². The van der Waals surface area contributed by atoms with Crippen LogP contribution < -0.4 is 0 Å². The average Bonchev–Trinajstić information content (AvgIpc) is 2.21. The van der Waals surface area contributed by atoms with Gasteiger partial charge in [0.15, 0.2) is 0 Å².